The molecule has 0 atom stereocenters. The molecule has 0 fully saturated rings. The second-order valence-corrected chi connectivity index (χ2v) is 4.64. The highest BCUT2D eigenvalue weighted by Gasteiger charge is 2.05. The van der Waals surface area contributed by atoms with Gasteiger partial charge in [-0.25, -0.2) is 8.78 Å². The third-order valence-corrected chi connectivity index (χ3v) is 2.80. The summed E-state index contributed by atoms with van der Waals surface area (Å²) in [5, 5.41) is 11.5. The van der Waals surface area contributed by atoms with Crippen LogP contribution in [0.25, 0.3) is 0 Å². The van der Waals surface area contributed by atoms with Crippen LogP contribution in [-0.2, 0) is 26.2 Å². The van der Waals surface area contributed by atoms with Gasteiger partial charge in [0, 0.05) is 37.6 Å². The lowest BCUT2D eigenvalue weighted by molar-refractivity contribution is 0.122. The van der Waals surface area contributed by atoms with Crippen molar-refractivity contribution in [2.45, 2.75) is 45.9 Å². The standard InChI is InChI=1S/C13H19F2N5/c1-2-4-19-5-3-12(18-19)8-16-6-11-7-17-20(9-11)10-13(14)15/h3,5,7,9,13,16H,2,4,6,8,10H2,1H3. The van der Waals surface area contributed by atoms with Crippen molar-refractivity contribution >= 4 is 0 Å². The summed E-state index contributed by atoms with van der Waals surface area (Å²) in [5.74, 6) is 0. The van der Waals surface area contributed by atoms with E-state index in [-0.39, 0.29) is 6.54 Å². The van der Waals surface area contributed by atoms with Gasteiger partial charge in [0.15, 0.2) is 0 Å². The zero-order chi connectivity index (χ0) is 14.4. The number of aryl methyl sites for hydroxylation is 1. The molecule has 0 amide bonds. The van der Waals surface area contributed by atoms with E-state index in [1.54, 1.807) is 12.4 Å². The number of nitrogens with zero attached hydrogens (tertiary/aromatic N) is 4. The third-order valence-electron chi connectivity index (χ3n) is 2.80. The van der Waals surface area contributed by atoms with Crippen LogP contribution in [0, 0.1) is 0 Å². The molecule has 2 heterocycles. The summed E-state index contributed by atoms with van der Waals surface area (Å²) in [6.45, 7) is 3.90. The molecule has 2 aromatic rings. The minimum absolute atomic E-state index is 0.360. The number of hydrogen-bond acceptors (Lipinski definition) is 3. The van der Waals surface area contributed by atoms with Gasteiger partial charge in [-0.1, -0.05) is 6.92 Å². The van der Waals surface area contributed by atoms with Crippen LogP contribution in [0.15, 0.2) is 24.7 Å². The maximum Gasteiger partial charge on any atom is 0.257 e. The summed E-state index contributed by atoms with van der Waals surface area (Å²) in [5.41, 5.74) is 1.86. The Hall–Kier alpha value is -1.76. The summed E-state index contributed by atoms with van der Waals surface area (Å²) in [7, 11) is 0. The SMILES string of the molecule is CCCn1ccc(CNCc2cnn(CC(F)F)c2)n1. The number of aromatic nitrogens is 4. The van der Waals surface area contributed by atoms with E-state index in [9.17, 15) is 8.78 Å². The van der Waals surface area contributed by atoms with Crippen LogP contribution in [0.5, 0.6) is 0 Å². The Kier molecular flexibility index (Phi) is 5.23. The Morgan fingerprint density at radius 2 is 2.15 bits per heavy atom. The average Bonchev–Trinajstić information content (AvgIpc) is 2.99. The Morgan fingerprint density at radius 3 is 2.90 bits per heavy atom. The predicted octanol–water partition coefficient (Wildman–Crippen LogP) is 2.04. The molecule has 20 heavy (non-hydrogen) atoms. The molecular formula is C13H19F2N5. The molecular weight excluding hydrogens is 264 g/mol. The highest BCUT2D eigenvalue weighted by molar-refractivity contribution is 5.04. The van der Waals surface area contributed by atoms with E-state index in [1.807, 2.05) is 16.9 Å². The molecule has 0 saturated carbocycles. The van der Waals surface area contributed by atoms with Gasteiger partial charge < -0.3 is 5.32 Å². The van der Waals surface area contributed by atoms with Gasteiger partial charge in [0.2, 0.25) is 0 Å². The number of halogens is 2. The van der Waals surface area contributed by atoms with Crippen LogP contribution in [0.3, 0.4) is 0 Å². The van der Waals surface area contributed by atoms with Gasteiger partial charge in [-0.15, -0.1) is 0 Å². The summed E-state index contributed by atoms with van der Waals surface area (Å²) in [4.78, 5) is 0. The Morgan fingerprint density at radius 1 is 1.30 bits per heavy atom. The topological polar surface area (TPSA) is 47.7 Å². The minimum atomic E-state index is -2.38. The van der Waals surface area contributed by atoms with Crippen LogP contribution in [-0.4, -0.2) is 26.0 Å². The highest BCUT2D eigenvalue weighted by Crippen LogP contribution is 2.02. The van der Waals surface area contributed by atoms with Crippen molar-refractivity contribution in [3.8, 4) is 0 Å². The first-order valence-corrected chi connectivity index (χ1v) is 6.70. The molecule has 2 rings (SSSR count). The normalized spacial score (nSPS) is 11.4. The first kappa shape index (κ1) is 14.6. The van der Waals surface area contributed by atoms with E-state index in [4.69, 9.17) is 0 Å². The monoisotopic (exact) mass is 283 g/mol. The molecule has 0 saturated heterocycles. The van der Waals surface area contributed by atoms with Crippen molar-refractivity contribution in [2.24, 2.45) is 0 Å². The van der Waals surface area contributed by atoms with Crippen LogP contribution >= 0.6 is 0 Å². The van der Waals surface area contributed by atoms with Crippen molar-refractivity contribution in [2.75, 3.05) is 0 Å². The summed E-state index contributed by atoms with van der Waals surface area (Å²) < 4.78 is 27.5. The van der Waals surface area contributed by atoms with Crippen LogP contribution in [0.4, 0.5) is 8.78 Å². The zero-order valence-electron chi connectivity index (χ0n) is 11.5. The van der Waals surface area contributed by atoms with Gasteiger partial charge in [-0.3, -0.25) is 9.36 Å². The Bertz CT molecular complexity index is 520. The number of rotatable bonds is 8. The molecule has 0 aliphatic rings. The molecule has 0 radical (unpaired) electrons. The highest BCUT2D eigenvalue weighted by atomic mass is 19.3. The molecule has 2 aromatic heterocycles. The van der Waals surface area contributed by atoms with E-state index >= 15 is 0 Å². The van der Waals surface area contributed by atoms with Crippen molar-refractivity contribution < 1.29 is 8.78 Å². The molecule has 0 unspecified atom stereocenters. The zero-order valence-corrected chi connectivity index (χ0v) is 11.5. The fraction of sp³-hybridized carbons (Fsp3) is 0.538. The van der Waals surface area contributed by atoms with Crippen LogP contribution in [0.1, 0.15) is 24.6 Å². The predicted molar refractivity (Wildman–Crippen MR) is 71.3 cm³/mol. The molecule has 0 bridgehead atoms. The van der Waals surface area contributed by atoms with Gasteiger partial charge in [0.05, 0.1) is 11.9 Å². The van der Waals surface area contributed by atoms with Crippen LogP contribution in [0.2, 0.25) is 0 Å². The molecule has 7 heteroatoms. The summed E-state index contributed by atoms with van der Waals surface area (Å²) >= 11 is 0. The van der Waals surface area contributed by atoms with Gasteiger partial charge >= 0.3 is 0 Å². The van der Waals surface area contributed by atoms with E-state index in [1.165, 1.54) is 4.68 Å². The van der Waals surface area contributed by atoms with Crippen molar-refractivity contribution in [3.63, 3.8) is 0 Å². The number of nitrogens with one attached hydrogen (secondary N) is 1. The molecule has 0 aliphatic heterocycles. The fourth-order valence-electron chi connectivity index (χ4n) is 1.93. The van der Waals surface area contributed by atoms with E-state index in [2.05, 4.69) is 22.4 Å². The lowest BCUT2D eigenvalue weighted by Crippen LogP contribution is -2.13. The summed E-state index contributed by atoms with van der Waals surface area (Å²) in [6, 6.07) is 1.98. The minimum Gasteiger partial charge on any atom is -0.307 e. The van der Waals surface area contributed by atoms with Crippen molar-refractivity contribution in [3.05, 3.63) is 35.9 Å². The van der Waals surface area contributed by atoms with Gasteiger partial charge in [0.25, 0.3) is 6.43 Å². The van der Waals surface area contributed by atoms with Gasteiger partial charge in [-0.05, 0) is 12.5 Å². The van der Waals surface area contributed by atoms with E-state index in [0.717, 1.165) is 24.2 Å². The quantitative estimate of drug-likeness (QED) is 0.806. The first-order valence-electron chi connectivity index (χ1n) is 6.70. The first-order chi connectivity index (χ1) is 9.67. The molecule has 0 spiro atoms. The molecule has 110 valence electrons. The number of alkyl halides is 2. The Balaban J connectivity index is 1.75. The average molecular weight is 283 g/mol. The largest absolute Gasteiger partial charge is 0.307 e. The van der Waals surface area contributed by atoms with E-state index in [0.29, 0.717) is 13.1 Å². The smallest absolute Gasteiger partial charge is 0.257 e. The van der Waals surface area contributed by atoms with Gasteiger partial charge in [-0.2, -0.15) is 10.2 Å². The second-order valence-electron chi connectivity index (χ2n) is 4.64. The molecule has 0 aromatic carbocycles. The second kappa shape index (κ2) is 7.14. The van der Waals surface area contributed by atoms with E-state index < -0.39 is 6.43 Å². The maximum atomic E-state index is 12.2. The fourth-order valence-corrected chi connectivity index (χ4v) is 1.93. The van der Waals surface area contributed by atoms with Crippen molar-refractivity contribution in [1.29, 1.82) is 0 Å². The molecule has 5 nitrogen and oxygen atoms in total. The molecule has 1 N–H and O–H groups in total. The Labute approximate surface area is 116 Å². The van der Waals surface area contributed by atoms with Gasteiger partial charge in [0.1, 0.15) is 6.54 Å². The summed E-state index contributed by atoms with van der Waals surface area (Å²) in [6.07, 6.45) is 3.87. The maximum absolute atomic E-state index is 12.2. The third kappa shape index (κ3) is 4.41. The van der Waals surface area contributed by atoms with Crippen molar-refractivity contribution in [1.82, 2.24) is 24.9 Å². The molecule has 0 aliphatic carbocycles. The lowest BCUT2D eigenvalue weighted by Gasteiger charge is -2.01. The lowest BCUT2D eigenvalue weighted by atomic mass is 10.3. The van der Waals surface area contributed by atoms with Crippen LogP contribution < -0.4 is 5.32 Å². The number of hydrogen-bond donors (Lipinski definition) is 1.